The first-order valence-electron chi connectivity index (χ1n) is 8.45. The fourth-order valence-electron chi connectivity index (χ4n) is 2.74. The number of nitrogens with zero attached hydrogens (tertiary/aromatic N) is 2. The van der Waals surface area contributed by atoms with E-state index in [1.54, 1.807) is 6.20 Å². The lowest BCUT2D eigenvalue weighted by Crippen LogP contribution is -2.44. The number of nitrogens with one attached hydrogen (secondary N) is 2. The Balaban J connectivity index is 1.99. The minimum Gasteiger partial charge on any atom is -0.478 e. The smallest absolute Gasteiger partial charge is 0.218 e. The molecule has 5 heteroatoms. The van der Waals surface area contributed by atoms with Gasteiger partial charge in [0.1, 0.15) is 0 Å². The van der Waals surface area contributed by atoms with Crippen LogP contribution >= 0.6 is 0 Å². The average Bonchev–Trinajstić information content (AvgIpc) is 2.55. The number of hydrogen-bond acceptors (Lipinski definition) is 3. The first-order valence-corrected chi connectivity index (χ1v) is 8.45. The Morgan fingerprint density at radius 3 is 2.86 bits per heavy atom. The summed E-state index contributed by atoms with van der Waals surface area (Å²) < 4.78 is 5.56. The third kappa shape index (κ3) is 5.20. The summed E-state index contributed by atoms with van der Waals surface area (Å²) in [7, 11) is 0. The van der Waals surface area contributed by atoms with E-state index >= 15 is 0 Å². The van der Waals surface area contributed by atoms with Crippen molar-refractivity contribution in [1.29, 1.82) is 0 Å². The van der Waals surface area contributed by atoms with Crippen LogP contribution in [0.2, 0.25) is 0 Å². The van der Waals surface area contributed by atoms with Gasteiger partial charge < -0.3 is 15.4 Å². The summed E-state index contributed by atoms with van der Waals surface area (Å²) in [4.78, 5) is 8.97. The van der Waals surface area contributed by atoms with Gasteiger partial charge in [-0.3, -0.25) is 0 Å². The number of guanidine groups is 1. The minimum absolute atomic E-state index is 0.548. The summed E-state index contributed by atoms with van der Waals surface area (Å²) in [6, 6.07) is 4.49. The van der Waals surface area contributed by atoms with Crippen LogP contribution in [0.25, 0.3) is 0 Å². The van der Waals surface area contributed by atoms with Gasteiger partial charge in [-0.1, -0.05) is 25.3 Å². The summed E-state index contributed by atoms with van der Waals surface area (Å²) in [6.07, 6.45) is 8.22. The SMILES string of the molecule is CCNC(=NCc1cccnc1OCC)NC1CCCCC1. The van der Waals surface area contributed by atoms with Gasteiger partial charge in [-0.15, -0.1) is 0 Å². The highest BCUT2D eigenvalue weighted by Gasteiger charge is 2.14. The van der Waals surface area contributed by atoms with Crippen LogP contribution < -0.4 is 15.4 Å². The number of ether oxygens (including phenoxy) is 1. The van der Waals surface area contributed by atoms with Crippen molar-refractivity contribution in [2.75, 3.05) is 13.2 Å². The van der Waals surface area contributed by atoms with Gasteiger partial charge in [0.2, 0.25) is 5.88 Å². The molecule has 2 rings (SSSR count). The van der Waals surface area contributed by atoms with Crippen molar-refractivity contribution >= 4 is 5.96 Å². The molecular weight excluding hydrogens is 276 g/mol. The maximum atomic E-state index is 5.56. The second-order valence-corrected chi connectivity index (χ2v) is 5.58. The van der Waals surface area contributed by atoms with Crippen LogP contribution in [0.1, 0.15) is 51.5 Å². The van der Waals surface area contributed by atoms with Crippen LogP contribution in [0.4, 0.5) is 0 Å². The molecule has 1 heterocycles. The lowest BCUT2D eigenvalue weighted by atomic mass is 9.96. The Labute approximate surface area is 133 Å². The fraction of sp³-hybridized carbons (Fsp3) is 0.647. The fourth-order valence-corrected chi connectivity index (χ4v) is 2.74. The Morgan fingerprint density at radius 1 is 1.32 bits per heavy atom. The normalized spacial score (nSPS) is 16.4. The Hall–Kier alpha value is -1.78. The van der Waals surface area contributed by atoms with Crippen LogP contribution in [0.15, 0.2) is 23.3 Å². The van der Waals surface area contributed by atoms with Gasteiger partial charge in [0.25, 0.3) is 0 Å². The molecule has 0 radical (unpaired) electrons. The first-order chi connectivity index (χ1) is 10.8. The molecule has 0 atom stereocenters. The molecule has 122 valence electrons. The highest BCUT2D eigenvalue weighted by molar-refractivity contribution is 5.80. The van der Waals surface area contributed by atoms with Crippen molar-refractivity contribution in [3.63, 3.8) is 0 Å². The lowest BCUT2D eigenvalue weighted by Gasteiger charge is -2.24. The number of aromatic nitrogens is 1. The summed E-state index contributed by atoms with van der Waals surface area (Å²) in [5.41, 5.74) is 1.02. The zero-order valence-electron chi connectivity index (χ0n) is 13.8. The molecule has 0 aromatic carbocycles. The van der Waals surface area contributed by atoms with Gasteiger partial charge in [0, 0.05) is 24.3 Å². The Morgan fingerprint density at radius 2 is 2.14 bits per heavy atom. The van der Waals surface area contributed by atoms with Gasteiger partial charge in [-0.2, -0.15) is 0 Å². The van der Waals surface area contributed by atoms with Gasteiger partial charge in [0.05, 0.1) is 13.2 Å². The molecule has 0 bridgehead atoms. The molecule has 0 spiro atoms. The van der Waals surface area contributed by atoms with Crippen LogP contribution in [0, 0.1) is 0 Å². The van der Waals surface area contributed by atoms with E-state index in [1.165, 1.54) is 32.1 Å². The van der Waals surface area contributed by atoms with Crippen LogP contribution in [-0.2, 0) is 6.54 Å². The second-order valence-electron chi connectivity index (χ2n) is 5.58. The molecule has 2 N–H and O–H groups in total. The Bertz CT molecular complexity index is 469. The van der Waals surface area contributed by atoms with Crippen LogP contribution in [0.5, 0.6) is 5.88 Å². The first kappa shape index (κ1) is 16.6. The van der Waals surface area contributed by atoms with Gasteiger partial charge in [-0.25, -0.2) is 9.98 Å². The molecular formula is C17H28N4O. The second kappa shape index (κ2) is 9.28. The van der Waals surface area contributed by atoms with E-state index < -0.39 is 0 Å². The number of rotatable bonds is 6. The van der Waals surface area contributed by atoms with E-state index in [2.05, 4.69) is 22.5 Å². The number of aliphatic imine (C=N–C) groups is 1. The van der Waals surface area contributed by atoms with Gasteiger partial charge in [0.15, 0.2) is 5.96 Å². The molecule has 1 saturated carbocycles. The summed E-state index contributed by atoms with van der Waals surface area (Å²) in [5.74, 6) is 1.57. The maximum absolute atomic E-state index is 5.56. The van der Waals surface area contributed by atoms with Crippen LogP contribution in [0.3, 0.4) is 0 Å². The van der Waals surface area contributed by atoms with Gasteiger partial charge in [-0.05, 0) is 32.8 Å². The van der Waals surface area contributed by atoms with Crippen molar-refractivity contribution < 1.29 is 4.74 Å². The Kier molecular flexibility index (Phi) is 7.00. The molecule has 1 aromatic heterocycles. The number of pyridine rings is 1. The predicted molar refractivity (Wildman–Crippen MR) is 90.2 cm³/mol. The largest absolute Gasteiger partial charge is 0.478 e. The van der Waals surface area contributed by atoms with Crippen molar-refractivity contribution in [2.45, 2.75) is 58.5 Å². The maximum Gasteiger partial charge on any atom is 0.218 e. The summed E-state index contributed by atoms with van der Waals surface area (Å²) in [5, 5.41) is 6.89. The standard InChI is InChI=1S/C17H28N4O/c1-3-18-17(21-15-10-6-5-7-11-15)20-13-14-9-8-12-19-16(14)22-4-2/h8-9,12,15H,3-7,10-11,13H2,1-2H3,(H2,18,20,21). The molecule has 22 heavy (non-hydrogen) atoms. The van der Waals surface area contributed by atoms with E-state index in [0.29, 0.717) is 25.1 Å². The molecule has 0 unspecified atom stereocenters. The monoisotopic (exact) mass is 304 g/mol. The minimum atomic E-state index is 0.548. The molecule has 1 aliphatic carbocycles. The zero-order valence-corrected chi connectivity index (χ0v) is 13.8. The van der Waals surface area contributed by atoms with E-state index in [-0.39, 0.29) is 0 Å². The summed E-state index contributed by atoms with van der Waals surface area (Å²) >= 11 is 0. The van der Waals surface area contributed by atoms with E-state index in [1.807, 2.05) is 19.1 Å². The highest BCUT2D eigenvalue weighted by atomic mass is 16.5. The van der Waals surface area contributed by atoms with Crippen LogP contribution in [-0.4, -0.2) is 30.1 Å². The third-order valence-electron chi connectivity index (χ3n) is 3.83. The van der Waals surface area contributed by atoms with E-state index in [4.69, 9.17) is 9.73 Å². The third-order valence-corrected chi connectivity index (χ3v) is 3.83. The zero-order chi connectivity index (χ0) is 15.6. The van der Waals surface area contributed by atoms with E-state index in [9.17, 15) is 0 Å². The highest BCUT2D eigenvalue weighted by Crippen LogP contribution is 2.18. The summed E-state index contributed by atoms with van der Waals surface area (Å²) in [6.45, 7) is 6.12. The van der Waals surface area contributed by atoms with Crippen molar-refractivity contribution in [1.82, 2.24) is 15.6 Å². The quantitative estimate of drug-likeness (QED) is 0.627. The van der Waals surface area contributed by atoms with Crippen molar-refractivity contribution in [3.05, 3.63) is 23.9 Å². The van der Waals surface area contributed by atoms with Crippen molar-refractivity contribution in [2.24, 2.45) is 4.99 Å². The molecule has 0 aliphatic heterocycles. The molecule has 0 amide bonds. The van der Waals surface area contributed by atoms with E-state index in [0.717, 1.165) is 18.1 Å². The molecule has 1 aromatic rings. The molecule has 0 saturated heterocycles. The predicted octanol–water partition coefficient (Wildman–Crippen LogP) is 2.87. The molecule has 1 fully saturated rings. The molecule has 1 aliphatic rings. The lowest BCUT2D eigenvalue weighted by molar-refractivity contribution is 0.323. The molecule has 5 nitrogen and oxygen atoms in total. The van der Waals surface area contributed by atoms with Gasteiger partial charge >= 0.3 is 0 Å². The average molecular weight is 304 g/mol. The van der Waals surface area contributed by atoms with Crippen molar-refractivity contribution in [3.8, 4) is 5.88 Å². The number of hydrogen-bond donors (Lipinski definition) is 2. The topological polar surface area (TPSA) is 58.5 Å².